The lowest BCUT2D eigenvalue weighted by Gasteiger charge is -2.44. The lowest BCUT2D eigenvalue weighted by molar-refractivity contribution is -0.153. The van der Waals surface area contributed by atoms with Gasteiger partial charge in [0.05, 0.1) is 6.26 Å². The molecule has 22 heteroatoms. The van der Waals surface area contributed by atoms with Crippen LogP contribution in [0.1, 0.15) is 35.1 Å². The molecule has 2 N–H and O–H groups in total. The zero-order chi connectivity index (χ0) is 47.9. The maximum Gasteiger partial charge on any atom is 0.287 e. The van der Waals surface area contributed by atoms with E-state index in [1.807, 2.05) is 85.0 Å². The highest BCUT2D eigenvalue weighted by atomic mass is 32.2. The molecule has 2 aromatic heterocycles. The fourth-order valence-electron chi connectivity index (χ4n) is 12.2. The summed E-state index contributed by atoms with van der Waals surface area (Å²) in [6.07, 6.45) is 10.4. The molecule has 69 heavy (non-hydrogen) atoms. The van der Waals surface area contributed by atoms with E-state index in [2.05, 4.69) is 19.4 Å². The number of benzene rings is 2. The van der Waals surface area contributed by atoms with Crippen LogP contribution in [0.2, 0.25) is 0 Å². The topological polar surface area (TPSA) is 229 Å². The molecule has 2 saturated carbocycles. The average Bonchev–Trinajstić information content (AvgIpc) is 4.18. The van der Waals surface area contributed by atoms with Gasteiger partial charge < -0.3 is 20.4 Å². The summed E-state index contributed by atoms with van der Waals surface area (Å²) in [5, 5.41) is 8.95. The summed E-state index contributed by atoms with van der Waals surface area (Å²) in [4.78, 5) is 60.1. The van der Waals surface area contributed by atoms with Gasteiger partial charge in [0.1, 0.15) is 31.5 Å². The van der Waals surface area contributed by atoms with Crippen molar-refractivity contribution in [3.63, 3.8) is 0 Å². The van der Waals surface area contributed by atoms with Gasteiger partial charge in [0.15, 0.2) is 23.4 Å². The summed E-state index contributed by atoms with van der Waals surface area (Å²) in [6.45, 7) is -0.586. The summed E-state index contributed by atoms with van der Waals surface area (Å²) in [5.41, 5.74) is 1.79. The first kappa shape index (κ1) is 44.6. The molecule has 8 aliphatic rings. The molecule has 4 aromatic rings. The Morgan fingerprint density at radius 1 is 0.623 bits per heavy atom. The van der Waals surface area contributed by atoms with Crippen LogP contribution >= 0.6 is 22.7 Å². The van der Waals surface area contributed by atoms with E-state index < -0.39 is 90.2 Å². The molecule has 10 unspecified atom stereocenters. The number of thiophene rings is 2. The summed E-state index contributed by atoms with van der Waals surface area (Å²) in [5.74, 6) is -6.85. The molecule has 356 valence electrons. The molecule has 17 nitrogen and oxygen atoms in total. The van der Waals surface area contributed by atoms with Gasteiger partial charge in [0, 0.05) is 61.2 Å². The van der Waals surface area contributed by atoms with Crippen LogP contribution in [-0.2, 0) is 75.4 Å². The first-order valence-corrected chi connectivity index (χ1v) is 29.0. The van der Waals surface area contributed by atoms with Crippen LogP contribution in [0, 0.1) is 47.3 Å². The number of fused-ring (bicyclic) bond motifs is 12. The molecular formula is C47H43N7O10S5. The Kier molecular flexibility index (Phi) is 10.3. The summed E-state index contributed by atoms with van der Waals surface area (Å²) in [7, 11) is -13.4. The highest BCUT2D eigenvalue weighted by molar-refractivity contribution is 7.91. The highest BCUT2D eigenvalue weighted by Gasteiger charge is 2.61. The van der Waals surface area contributed by atoms with Gasteiger partial charge in [-0.3, -0.25) is 19.2 Å². The number of nitrogens with one attached hydrogen (secondary N) is 2. The van der Waals surface area contributed by atoms with Gasteiger partial charge in [-0.15, -0.1) is 31.5 Å². The number of anilines is 2. The molecule has 10 atom stereocenters. The van der Waals surface area contributed by atoms with Crippen molar-refractivity contribution in [2.24, 2.45) is 56.1 Å². The minimum absolute atomic E-state index is 0.00414. The van der Waals surface area contributed by atoms with Crippen LogP contribution in [0.15, 0.2) is 114 Å². The molecule has 4 fully saturated rings. The Bertz CT molecular complexity index is 3180. The molecule has 2 amide bonds. The number of piperidine rings is 2. The largest absolute Gasteiger partial charge is 0.333 e. The number of ketones is 2. The Morgan fingerprint density at radius 3 is 1.41 bits per heavy atom. The van der Waals surface area contributed by atoms with Crippen molar-refractivity contribution in [3.05, 3.63) is 118 Å². The molecule has 0 spiro atoms. The highest BCUT2D eigenvalue weighted by Crippen LogP contribution is 2.53. The van der Waals surface area contributed by atoms with Crippen molar-refractivity contribution >= 4 is 97.8 Å². The molecule has 0 radical (unpaired) electrons. The normalized spacial score (nSPS) is 31.0. The zero-order valence-electron chi connectivity index (χ0n) is 36.6. The van der Waals surface area contributed by atoms with Crippen LogP contribution in [-0.4, -0.2) is 92.7 Å². The summed E-state index contributed by atoms with van der Waals surface area (Å²) < 4.78 is 92.8. The number of hydrogen-bond donors (Lipinski definition) is 2. The van der Waals surface area contributed by atoms with E-state index in [1.54, 1.807) is 9.80 Å². The zero-order valence-corrected chi connectivity index (χ0v) is 40.7. The number of amidine groups is 2. The van der Waals surface area contributed by atoms with Crippen molar-refractivity contribution in [3.8, 4) is 0 Å². The van der Waals surface area contributed by atoms with Gasteiger partial charge in [-0.25, -0.2) is 8.42 Å². The number of carbonyl (C=O) groups excluding carboxylic acids is 4. The number of rotatable bonds is 11. The molecule has 4 aliphatic carbocycles. The van der Waals surface area contributed by atoms with Crippen molar-refractivity contribution in [2.45, 2.75) is 60.9 Å². The minimum Gasteiger partial charge on any atom is -0.333 e. The maximum absolute atomic E-state index is 14.4. The molecule has 4 bridgehead atoms. The lowest BCUT2D eigenvalue weighted by Crippen LogP contribution is -2.60. The predicted octanol–water partition coefficient (Wildman–Crippen LogP) is 4.63. The van der Waals surface area contributed by atoms with Crippen LogP contribution in [0.25, 0.3) is 0 Å². The average molecular weight is 1030 g/mol. The molecule has 4 aliphatic heterocycles. The Hall–Kier alpha value is -5.65. The summed E-state index contributed by atoms with van der Waals surface area (Å²) in [6, 6.07) is 18.0. The third-order valence-corrected chi connectivity index (χ3v) is 21.2. The van der Waals surface area contributed by atoms with Gasteiger partial charge in [-0.05, 0) is 58.4 Å². The van der Waals surface area contributed by atoms with Crippen LogP contribution < -0.4 is 10.6 Å². The number of Topliss-reactive ketones (excluding diaryl/α,β-unsaturated/α-hetero) is 2. The third-order valence-electron chi connectivity index (χ3n) is 15.0. The molecule has 2 aromatic carbocycles. The van der Waals surface area contributed by atoms with Crippen LogP contribution in [0.4, 0.5) is 10.0 Å². The monoisotopic (exact) mass is 1030 g/mol. The fraction of sp³-hybridized carbons (Fsp3) is 0.362. The number of likely N-dealkylation sites (tertiary alicyclic amines) is 2. The van der Waals surface area contributed by atoms with Crippen molar-refractivity contribution < 1.29 is 44.4 Å². The molecule has 12 rings (SSSR count). The molecular weight excluding hydrogens is 983 g/mol. The van der Waals surface area contributed by atoms with Gasteiger partial charge in [-0.2, -0.15) is 21.1 Å². The van der Waals surface area contributed by atoms with E-state index in [0.717, 1.165) is 44.4 Å². The van der Waals surface area contributed by atoms with Crippen molar-refractivity contribution in [1.29, 1.82) is 0 Å². The molecule has 2 saturated heterocycles. The van der Waals surface area contributed by atoms with E-state index in [1.165, 1.54) is 10.8 Å². The fourth-order valence-corrected chi connectivity index (χ4v) is 18.2. The second-order valence-corrected chi connectivity index (χ2v) is 25.8. The maximum atomic E-state index is 14.4. The van der Waals surface area contributed by atoms with E-state index in [0.29, 0.717) is 12.8 Å². The lowest BCUT2D eigenvalue weighted by atomic mass is 9.75. The second kappa shape index (κ2) is 15.9. The van der Waals surface area contributed by atoms with Gasteiger partial charge in [0.2, 0.25) is 21.8 Å². The smallest absolute Gasteiger partial charge is 0.287 e. The van der Waals surface area contributed by atoms with Crippen LogP contribution in [0.3, 0.4) is 0 Å². The van der Waals surface area contributed by atoms with E-state index >= 15 is 0 Å². The molecule has 6 heterocycles. The first-order valence-electron chi connectivity index (χ1n) is 22.5. The number of nitrogens with zero attached hydrogens (tertiary/aromatic N) is 5. The Labute approximate surface area is 405 Å². The number of allylic oxidation sites excluding steroid dienone is 2. The predicted molar refractivity (Wildman–Crippen MR) is 256 cm³/mol. The van der Waals surface area contributed by atoms with Gasteiger partial charge in [-0.1, -0.05) is 85.0 Å². The van der Waals surface area contributed by atoms with Crippen molar-refractivity contribution in [1.82, 2.24) is 14.1 Å². The van der Waals surface area contributed by atoms with Gasteiger partial charge in [0.25, 0.3) is 20.0 Å². The number of hydrogen-bond acceptors (Lipinski definition) is 14. The standard InChI is InChI=1S/C47H43N7O10S5/c1-67(59,60)52(20-30-22-65-44-40(30)68(61,62)50-42(48-44)34-38(55)32-26-12-14-28(16-26)36(32)53(46(34)57)18-24-8-4-2-5-9-24)21-31-23-66-45-41(31)69(63,64)51-43(49-45)35-39(56)33-27-13-15-29(17-27)37(33)54(47(35)58)19-25-10-6-3-7-11-25/h2-15,22-23,26-29,32-37H,16-21H2,1H3,(H,48,50)(H,49,51). The van der Waals surface area contributed by atoms with E-state index in [4.69, 9.17) is 0 Å². The quantitative estimate of drug-likeness (QED) is 0.155. The van der Waals surface area contributed by atoms with Crippen molar-refractivity contribution in [2.75, 3.05) is 16.9 Å². The minimum atomic E-state index is -4.63. The third kappa shape index (κ3) is 7.14. The van der Waals surface area contributed by atoms with Gasteiger partial charge >= 0.3 is 0 Å². The number of sulfonamides is 3. The summed E-state index contributed by atoms with van der Waals surface area (Å²) >= 11 is 1.89. The Balaban J connectivity index is 0.810. The SMILES string of the molecule is CS(=O)(=O)N(Cc1csc2c1S(=O)(=O)N=C(C1C(=O)C3C4C=CC(C4)C3N(Cc3ccccc3)C1=O)N2)Cc1csc2c1S(=O)(=O)N=C(C1C(=O)C3C4C=CC(C4)C3N(Cc3ccccc3)C1=O)N2. The Morgan fingerprint density at radius 2 is 1.01 bits per heavy atom. The van der Waals surface area contributed by atoms with E-state index in [9.17, 15) is 44.4 Å². The number of amides is 2. The number of carbonyl (C=O) groups is 4. The second-order valence-electron chi connectivity index (χ2n) is 19.0. The van der Waals surface area contributed by atoms with E-state index in [-0.39, 0.29) is 91.4 Å². The van der Waals surface area contributed by atoms with Crippen LogP contribution in [0.5, 0.6) is 0 Å². The first-order chi connectivity index (χ1) is 33.0.